The van der Waals surface area contributed by atoms with Crippen molar-refractivity contribution in [1.29, 1.82) is 0 Å². The van der Waals surface area contributed by atoms with Crippen molar-refractivity contribution in [1.82, 2.24) is 4.90 Å². The van der Waals surface area contributed by atoms with Gasteiger partial charge < -0.3 is 10.2 Å². The van der Waals surface area contributed by atoms with E-state index in [9.17, 15) is 15.0 Å². The highest BCUT2D eigenvalue weighted by Crippen LogP contribution is 2.41. The van der Waals surface area contributed by atoms with E-state index in [0.717, 1.165) is 35.7 Å². The van der Waals surface area contributed by atoms with Crippen LogP contribution in [0.1, 0.15) is 51.0 Å². The van der Waals surface area contributed by atoms with Gasteiger partial charge in [-0.15, -0.1) is 0 Å². The maximum absolute atomic E-state index is 11.7. The molecular formula is C16H22INO3. The van der Waals surface area contributed by atoms with E-state index in [4.69, 9.17) is 0 Å². The molecule has 0 aliphatic heterocycles. The van der Waals surface area contributed by atoms with E-state index in [0.29, 0.717) is 12.0 Å². The number of carbonyl (C=O) groups is 1. The van der Waals surface area contributed by atoms with Gasteiger partial charge in [0.2, 0.25) is 0 Å². The van der Waals surface area contributed by atoms with Gasteiger partial charge in [-0.25, -0.2) is 4.79 Å². The Bertz CT molecular complexity index is 504. The summed E-state index contributed by atoms with van der Waals surface area (Å²) in [5.41, 5.74) is -0.712. The second kappa shape index (κ2) is 6.96. The van der Waals surface area contributed by atoms with Gasteiger partial charge in [0.15, 0.2) is 5.72 Å². The van der Waals surface area contributed by atoms with Crippen LogP contribution < -0.4 is 0 Å². The second-order valence-electron chi connectivity index (χ2n) is 5.64. The first-order valence-electron chi connectivity index (χ1n) is 7.50. The smallest absolute Gasteiger partial charge is 0.410 e. The lowest BCUT2D eigenvalue weighted by atomic mass is 9.94. The third-order valence-electron chi connectivity index (χ3n) is 3.95. The highest BCUT2D eigenvalue weighted by Gasteiger charge is 2.47. The van der Waals surface area contributed by atoms with Gasteiger partial charge in [0.1, 0.15) is 0 Å². The van der Waals surface area contributed by atoms with Gasteiger partial charge >= 0.3 is 6.09 Å². The summed E-state index contributed by atoms with van der Waals surface area (Å²) in [6, 6.07) is 7.46. The van der Waals surface area contributed by atoms with Crippen molar-refractivity contribution in [2.45, 2.75) is 57.2 Å². The normalized spacial score (nSPS) is 17.3. The van der Waals surface area contributed by atoms with Crippen molar-refractivity contribution in [2.24, 2.45) is 0 Å². The van der Waals surface area contributed by atoms with E-state index < -0.39 is 11.8 Å². The molecule has 1 fully saturated rings. The van der Waals surface area contributed by atoms with Crippen LogP contribution in [0.2, 0.25) is 0 Å². The van der Waals surface area contributed by atoms with Crippen LogP contribution in [0.4, 0.5) is 4.79 Å². The number of halogens is 1. The number of hydrogen-bond acceptors (Lipinski definition) is 2. The molecule has 4 nitrogen and oxygen atoms in total. The fourth-order valence-corrected chi connectivity index (χ4v) is 3.56. The number of nitrogens with zero attached hydrogens (tertiary/aromatic N) is 1. The first kappa shape index (κ1) is 16.5. The van der Waals surface area contributed by atoms with Crippen LogP contribution in [0, 0.1) is 3.57 Å². The minimum absolute atomic E-state index is 0.0508. The summed E-state index contributed by atoms with van der Waals surface area (Å²) in [7, 11) is 0. The zero-order chi connectivity index (χ0) is 15.5. The molecule has 21 heavy (non-hydrogen) atoms. The van der Waals surface area contributed by atoms with E-state index in [1.54, 1.807) is 0 Å². The van der Waals surface area contributed by atoms with Crippen LogP contribution in [-0.4, -0.2) is 27.2 Å². The fourth-order valence-electron chi connectivity index (χ4n) is 2.74. The standard InChI is InChI=1S/C16H22INO3/c1-2-3-6-11-16(21,13-7-4-5-8-14(13)17)18(15(19)20)12-9-10-12/h4-5,7-8,12,21H,2-3,6,9-11H2,1H3,(H,19,20)/t16-/m1/s1. The van der Waals surface area contributed by atoms with Gasteiger partial charge in [-0.2, -0.15) is 0 Å². The first-order chi connectivity index (χ1) is 10.0. The van der Waals surface area contributed by atoms with Gasteiger partial charge in [-0.3, -0.25) is 4.90 Å². The maximum Gasteiger partial charge on any atom is 0.410 e. The molecule has 1 aromatic rings. The Morgan fingerprint density at radius 3 is 2.57 bits per heavy atom. The van der Waals surface area contributed by atoms with Crippen molar-refractivity contribution in [3.8, 4) is 0 Å². The molecule has 0 bridgehead atoms. The number of benzene rings is 1. The lowest BCUT2D eigenvalue weighted by Gasteiger charge is -2.39. The average Bonchev–Trinajstić information content (AvgIpc) is 3.23. The van der Waals surface area contributed by atoms with Crippen LogP contribution in [0.3, 0.4) is 0 Å². The summed E-state index contributed by atoms with van der Waals surface area (Å²) < 4.78 is 0.904. The summed E-state index contributed by atoms with van der Waals surface area (Å²) in [6.07, 6.45) is 3.94. The van der Waals surface area contributed by atoms with E-state index in [1.165, 1.54) is 4.90 Å². The van der Waals surface area contributed by atoms with Crippen molar-refractivity contribution in [3.63, 3.8) is 0 Å². The Labute approximate surface area is 139 Å². The van der Waals surface area contributed by atoms with Gasteiger partial charge in [0.25, 0.3) is 0 Å². The molecule has 0 radical (unpaired) electrons. The largest absolute Gasteiger partial charge is 0.465 e. The molecular weight excluding hydrogens is 381 g/mol. The minimum Gasteiger partial charge on any atom is -0.465 e. The first-order valence-corrected chi connectivity index (χ1v) is 8.58. The molecule has 0 spiro atoms. The molecule has 116 valence electrons. The van der Waals surface area contributed by atoms with Crippen molar-refractivity contribution in [3.05, 3.63) is 33.4 Å². The number of amides is 1. The number of aliphatic hydroxyl groups is 1. The number of hydrogen-bond donors (Lipinski definition) is 2. The molecule has 2 N–H and O–H groups in total. The SMILES string of the molecule is CCCCC[C@@](O)(c1ccccc1I)N(C(=O)O)C1CC1. The molecule has 1 aromatic carbocycles. The van der Waals surface area contributed by atoms with Gasteiger partial charge in [-0.1, -0.05) is 38.0 Å². The van der Waals surface area contributed by atoms with Crippen molar-refractivity contribution in [2.75, 3.05) is 0 Å². The fraction of sp³-hybridized carbons (Fsp3) is 0.562. The molecule has 1 atom stereocenters. The third-order valence-corrected chi connectivity index (χ3v) is 4.89. The number of carboxylic acid groups (broad SMARTS) is 1. The van der Waals surface area contributed by atoms with Crippen molar-refractivity contribution >= 4 is 28.7 Å². The van der Waals surface area contributed by atoms with E-state index in [1.807, 2.05) is 24.3 Å². The highest BCUT2D eigenvalue weighted by atomic mass is 127. The molecule has 0 heterocycles. The molecule has 1 saturated carbocycles. The minimum atomic E-state index is -1.42. The lowest BCUT2D eigenvalue weighted by Crippen LogP contribution is -2.50. The van der Waals surface area contributed by atoms with Gasteiger partial charge in [0.05, 0.1) is 0 Å². The van der Waals surface area contributed by atoms with E-state index in [-0.39, 0.29) is 6.04 Å². The summed E-state index contributed by atoms with van der Waals surface area (Å²) in [4.78, 5) is 13.0. The van der Waals surface area contributed by atoms with Crippen molar-refractivity contribution < 1.29 is 15.0 Å². The quantitative estimate of drug-likeness (QED) is 0.408. The summed E-state index contributed by atoms with van der Waals surface area (Å²) in [6.45, 7) is 2.10. The molecule has 1 amide bonds. The Morgan fingerprint density at radius 2 is 2.05 bits per heavy atom. The second-order valence-corrected chi connectivity index (χ2v) is 6.80. The molecule has 0 saturated heterocycles. The third kappa shape index (κ3) is 3.69. The average molecular weight is 403 g/mol. The van der Waals surface area contributed by atoms with Gasteiger partial charge in [0, 0.05) is 15.2 Å². The topological polar surface area (TPSA) is 60.8 Å². The molecule has 1 aliphatic carbocycles. The predicted octanol–water partition coefficient (Wildman–Crippen LogP) is 4.16. The Hall–Kier alpha value is -0.820. The van der Waals surface area contributed by atoms with Crippen LogP contribution in [0.25, 0.3) is 0 Å². The summed E-state index contributed by atoms with van der Waals surface area (Å²) in [5.74, 6) is 0. The lowest BCUT2D eigenvalue weighted by molar-refractivity contribution is -0.111. The zero-order valence-electron chi connectivity index (χ0n) is 12.3. The number of unbranched alkanes of at least 4 members (excludes halogenated alkanes) is 2. The Morgan fingerprint density at radius 1 is 1.38 bits per heavy atom. The van der Waals surface area contributed by atoms with Gasteiger partial charge in [-0.05, 0) is 54.3 Å². The Kier molecular flexibility index (Phi) is 5.48. The molecule has 0 aromatic heterocycles. The van der Waals surface area contributed by atoms with Crippen LogP contribution in [0.5, 0.6) is 0 Å². The molecule has 2 rings (SSSR count). The van der Waals surface area contributed by atoms with Crippen LogP contribution in [-0.2, 0) is 5.72 Å². The predicted molar refractivity (Wildman–Crippen MR) is 90.1 cm³/mol. The zero-order valence-corrected chi connectivity index (χ0v) is 14.4. The highest BCUT2D eigenvalue weighted by molar-refractivity contribution is 14.1. The number of rotatable bonds is 7. The molecule has 0 unspecified atom stereocenters. The maximum atomic E-state index is 11.7. The Balaban J connectivity index is 2.37. The summed E-state index contributed by atoms with van der Waals surface area (Å²) in [5, 5.41) is 20.9. The monoisotopic (exact) mass is 403 g/mol. The van der Waals surface area contributed by atoms with Crippen LogP contribution in [0.15, 0.2) is 24.3 Å². The molecule has 1 aliphatic rings. The summed E-state index contributed by atoms with van der Waals surface area (Å²) >= 11 is 2.17. The van der Waals surface area contributed by atoms with E-state index >= 15 is 0 Å². The van der Waals surface area contributed by atoms with E-state index in [2.05, 4.69) is 29.5 Å². The molecule has 5 heteroatoms. The van der Waals surface area contributed by atoms with Crippen LogP contribution >= 0.6 is 22.6 Å².